The van der Waals surface area contributed by atoms with E-state index in [0.29, 0.717) is 38.5 Å². The Kier molecular flexibility index (Phi) is 6.31. The molecule has 0 radical (unpaired) electrons. The van der Waals surface area contributed by atoms with Crippen molar-refractivity contribution in [3.05, 3.63) is 48.3 Å². The first kappa shape index (κ1) is 19.5. The maximum absolute atomic E-state index is 12.6. The molecule has 148 valence electrons. The molecule has 28 heavy (non-hydrogen) atoms. The number of methoxy groups -OCH3 is 1. The predicted octanol–water partition coefficient (Wildman–Crippen LogP) is 2.75. The van der Waals surface area contributed by atoms with Crippen molar-refractivity contribution in [3.63, 3.8) is 0 Å². The Hall–Kier alpha value is -3.29. The molecular weight excluding hydrogens is 360 g/mol. The number of nitrogens with one attached hydrogen (secondary N) is 1. The van der Waals surface area contributed by atoms with Crippen LogP contribution in [0.2, 0.25) is 0 Å². The van der Waals surface area contributed by atoms with Crippen LogP contribution < -0.4 is 10.1 Å². The van der Waals surface area contributed by atoms with Gasteiger partial charge in [-0.3, -0.25) is 4.79 Å². The number of carbonyl (C=O) groups is 2. The summed E-state index contributed by atoms with van der Waals surface area (Å²) >= 11 is 0. The SMILES string of the molecule is CCOC(=O)N1CCN(C(=O)c2ccc(Nc3cccc(OC)c3)cn2)CC1. The van der Waals surface area contributed by atoms with Gasteiger partial charge in [-0.25, -0.2) is 9.78 Å². The van der Waals surface area contributed by atoms with Gasteiger partial charge in [0.1, 0.15) is 11.4 Å². The van der Waals surface area contributed by atoms with Crippen molar-refractivity contribution >= 4 is 23.4 Å². The summed E-state index contributed by atoms with van der Waals surface area (Å²) in [5.41, 5.74) is 2.02. The molecule has 2 heterocycles. The molecule has 0 unspecified atom stereocenters. The third kappa shape index (κ3) is 4.70. The van der Waals surface area contributed by atoms with Crippen LogP contribution in [-0.2, 0) is 4.74 Å². The molecule has 1 aliphatic heterocycles. The second-order valence-corrected chi connectivity index (χ2v) is 6.27. The van der Waals surface area contributed by atoms with E-state index in [1.165, 1.54) is 0 Å². The monoisotopic (exact) mass is 384 g/mol. The van der Waals surface area contributed by atoms with Gasteiger partial charge >= 0.3 is 6.09 Å². The number of benzene rings is 1. The second kappa shape index (κ2) is 9.07. The number of hydrogen-bond donors (Lipinski definition) is 1. The van der Waals surface area contributed by atoms with Crippen molar-refractivity contribution in [1.29, 1.82) is 0 Å². The van der Waals surface area contributed by atoms with Crippen molar-refractivity contribution in [3.8, 4) is 5.75 Å². The van der Waals surface area contributed by atoms with Crippen molar-refractivity contribution in [2.24, 2.45) is 0 Å². The zero-order valence-corrected chi connectivity index (χ0v) is 16.1. The number of ether oxygens (including phenoxy) is 2. The summed E-state index contributed by atoms with van der Waals surface area (Å²) in [5.74, 6) is 0.614. The molecule has 1 aromatic heterocycles. The highest BCUT2D eigenvalue weighted by atomic mass is 16.6. The van der Waals surface area contributed by atoms with Gasteiger partial charge in [0.15, 0.2) is 0 Å². The molecule has 2 aromatic rings. The van der Waals surface area contributed by atoms with Crippen molar-refractivity contribution < 1.29 is 19.1 Å². The van der Waals surface area contributed by atoms with Gasteiger partial charge in [0.25, 0.3) is 5.91 Å². The highest BCUT2D eigenvalue weighted by Gasteiger charge is 2.26. The lowest BCUT2D eigenvalue weighted by molar-refractivity contribution is 0.0566. The van der Waals surface area contributed by atoms with Crippen LogP contribution in [0.15, 0.2) is 42.6 Å². The van der Waals surface area contributed by atoms with E-state index in [1.807, 2.05) is 30.3 Å². The molecule has 8 heteroatoms. The Morgan fingerprint density at radius 2 is 1.82 bits per heavy atom. The first-order valence-electron chi connectivity index (χ1n) is 9.19. The van der Waals surface area contributed by atoms with E-state index in [1.54, 1.807) is 36.1 Å². The van der Waals surface area contributed by atoms with E-state index in [4.69, 9.17) is 9.47 Å². The molecule has 0 spiro atoms. The van der Waals surface area contributed by atoms with Crippen LogP contribution in [0.25, 0.3) is 0 Å². The lowest BCUT2D eigenvalue weighted by Crippen LogP contribution is -2.50. The van der Waals surface area contributed by atoms with Crippen LogP contribution >= 0.6 is 0 Å². The van der Waals surface area contributed by atoms with Crippen LogP contribution in [0.5, 0.6) is 5.75 Å². The Morgan fingerprint density at radius 3 is 2.46 bits per heavy atom. The highest BCUT2D eigenvalue weighted by molar-refractivity contribution is 5.92. The average Bonchev–Trinajstić information content (AvgIpc) is 2.74. The maximum Gasteiger partial charge on any atom is 0.409 e. The Labute approximate surface area is 164 Å². The van der Waals surface area contributed by atoms with Gasteiger partial charge in [-0.1, -0.05) is 6.07 Å². The number of aromatic nitrogens is 1. The van der Waals surface area contributed by atoms with Gasteiger partial charge < -0.3 is 24.6 Å². The summed E-state index contributed by atoms with van der Waals surface area (Å²) in [6.07, 6.45) is 1.29. The number of amides is 2. The van der Waals surface area contributed by atoms with Crippen LogP contribution in [0.3, 0.4) is 0 Å². The third-order valence-electron chi connectivity index (χ3n) is 4.43. The van der Waals surface area contributed by atoms with Crippen molar-refractivity contribution in [2.45, 2.75) is 6.92 Å². The Morgan fingerprint density at radius 1 is 1.07 bits per heavy atom. The normalized spacial score (nSPS) is 13.8. The van der Waals surface area contributed by atoms with E-state index in [0.717, 1.165) is 17.1 Å². The minimum Gasteiger partial charge on any atom is -0.497 e. The molecule has 1 N–H and O–H groups in total. The number of hydrogen-bond acceptors (Lipinski definition) is 6. The summed E-state index contributed by atoms with van der Waals surface area (Å²) in [7, 11) is 1.62. The third-order valence-corrected chi connectivity index (χ3v) is 4.43. The molecule has 0 atom stereocenters. The number of carbonyl (C=O) groups excluding carboxylic acids is 2. The van der Waals surface area contributed by atoms with E-state index < -0.39 is 0 Å². The molecule has 3 rings (SSSR count). The largest absolute Gasteiger partial charge is 0.497 e. The minimum absolute atomic E-state index is 0.142. The molecule has 8 nitrogen and oxygen atoms in total. The molecule has 0 aliphatic carbocycles. The van der Waals surface area contributed by atoms with Crippen LogP contribution in [0.1, 0.15) is 17.4 Å². The molecule has 0 bridgehead atoms. The number of nitrogens with zero attached hydrogens (tertiary/aromatic N) is 3. The van der Waals surface area contributed by atoms with E-state index >= 15 is 0 Å². The molecule has 1 saturated heterocycles. The second-order valence-electron chi connectivity index (χ2n) is 6.27. The first-order chi connectivity index (χ1) is 13.6. The maximum atomic E-state index is 12.6. The fourth-order valence-electron chi connectivity index (χ4n) is 2.93. The molecule has 1 fully saturated rings. The quantitative estimate of drug-likeness (QED) is 0.853. The smallest absolute Gasteiger partial charge is 0.409 e. The summed E-state index contributed by atoms with van der Waals surface area (Å²) in [5, 5.41) is 3.23. The van der Waals surface area contributed by atoms with E-state index in [-0.39, 0.29) is 12.0 Å². The van der Waals surface area contributed by atoms with Crippen molar-refractivity contribution in [2.75, 3.05) is 45.2 Å². The minimum atomic E-state index is -0.333. The van der Waals surface area contributed by atoms with Gasteiger partial charge in [-0.15, -0.1) is 0 Å². The topological polar surface area (TPSA) is 84.0 Å². The van der Waals surface area contributed by atoms with E-state index in [2.05, 4.69) is 10.3 Å². The van der Waals surface area contributed by atoms with Gasteiger partial charge in [-0.05, 0) is 31.2 Å². The standard InChI is InChI=1S/C20H24N4O4/c1-3-28-20(26)24-11-9-23(10-12-24)19(25)18-8-7-16(14-21-18)22-15-5-4-6-17(13-15)27-2/h4-8,13-14,22H,3,9-12H2,1-2H3. The number of pyridine rings is 1. The zero-order chi connectivity index (χ0) is 19.9. The van der Waals surface area contributed by atoms with Crippen LogP contribution in [0, 0.1) is 0 Å². The van der Waals surface area contributed by atoms with Crippen LogP contribution in [0.4, 0.5) is 16.2 Å². The van der Waals surface area contributed by atoms with Gasteiger partial charge in [0, 0.05) is 37.9 Å². The molecule has 0 saturated carbocycles. The van der Waals surface area contributed by atoms with Crippen molar-refractivity contribution in [1.82, 2.24) is 14.8 Å². The predicted molar refractivity (Wildman–Crippen MR) is 105 cm³/mol. The fraction of sp³-hybridized carbons (Fsp3) is 0.350. The fourth-order valence-corrected chi connectivity index (χ4v) is 2.93. The molecule has 1 aromatic carbocycles. The Bertz CT molecular complexity index is 817. The lowest BCUT2D eigenvalue weighted by atomic mass is 10.2. The van der Waals surface area contributed by atoms with E-state index in [9.17, 15) is 9.59 Å². The molecule has 1 aliphatic rings. The number of rotatable bonds is 5. The van der Waals surface area contributed by atoms with Crippen LogP contribution in [-0.4, -0.2) is 66.7 Å². The number of anilines is 2. The summed E-state index contributed by atoms with van der Waals surface area (Å²) < 4.78 is 10.2. The summed E-state index contributed by atoms with van der Waals surface area (Å²) in [6, 6.07) is 11.1. The summed E-state index contributed by atoms with van der Waals surface area (Å²) in [6.45, 7) is 3.96. The zero-order valence-electron chi connectivity index (χ0n) is 16.1. The van der Waals surface area contributed by atoms with Gasteiger partial charge in [-0.2, -0.15) is 0 Å². The average molecular weight is 384 g/mol. The highest BCUT2D eigenvalue weighted by Crippen LogP contribution is 2.21. The number of piperazine rings is 1. The molecule has 2 amide bonds. The van der Waals surface area contributed by atoms with Gasteiger partial charge in [0.05, 0.1) is 25.6 Å². The Balaban J connectivity index is 1.57. The summed E-state index contributed by atoms with van der Waals surface area (Å²) in [4.78, 5) is 32.0. The molecular formula is C20H24N4O4. The lowest BCUT2D eigenvalue weighted by Gasteiger charge is -2.33. The first-order valence-corrected chi connectivity index (χ1v) is 9.19. The van der Waals surface area contributed by atoms with Gasteiger partial charge in [0.2, 0.25) is 0 Å².